The molecule has 166 valence electrons. The second-order valence-electron chi connectivity index (χ2n) is 6.80. The number of nitrogens with zero attached hydrogens (tertiary/aromatic N) is 1. The summed E-state index contributed by atoms with van der Waals surface area (Å²) in [6.45, 7) is 4.87. The lowest BCUT2D eigenvalue weighted by Crippen LogP contribution is -2.37. The van der Waals surface area contributed by atoms with Crippen LogP contribution in [0.4, 0.5) is 0 Å². The Hall–Kier alpha value is -2.00. The number of nitrogens with one attached hydrogen (secondary N) is 2. The van der Waals surface area contributed by atoms with Gasteiger partial charge in [-0.2, -0.15) is 0 Å². The van der Waals surface area contributed by atoms with Crippen LogP contribution in [0.25, 0.3) is 0 Å². The van der Waals surface area contributed by atoms with E-state index in [4.69, 9.17) is 14.2 Å². The maximum atomic E-state index is 5.66. The zero-order chi connectivity index (χ0) is 20.9. The molecule has 0 spiro atoms. The van der Waals surface area contributed by atoms with E-state index in [2.05, 4.69) is 40.7 Å². The Bertz CT molecular complexity index is 754. The monoisotopic (exact) mass is 527 g/mol. The number of ether oxygens (including phenoxy) is 3. The van der Waals surface area contributed by atoms with Gasteiger partial charge in [0, 0.05) is 27.2 Å². The van der Waals surface area contributed by atoms with Gasteiger partial charge in [-0.25, -0.2) is 0 Å². The van der Waals surface area contributed by atoms with Crippen LogP contribution in [-0.2, 0) is 11.3 Å². The molecule has 0 saturated carbocycles. The molecule has 0 radical (unpaired) electrons. The average Bonchev–Trinajstić information content (AvgIpc) is 2.76. The molecule has 0 aliphatic carbocycles. The van der Waals surface area contributed by atoms with Crippen molar-refractivity contribution in [2.24, 2.45) is 4.99 Å². The highest BCUT2D eigenvalue weighted by atomic mass is 127. The lowest BCUT2D eigenvalue weighted by atomic mass is 9.98. The predicted molar refractivity (Wildman–Crippen MR) is 133 cm³/mol. The van der Waals surface area contributed by atoms with Gasteiger partial charge in [0.2, 0.25) is 0 Å². The minimum atomic E-state index is 0. The normalized spacial score (nSPS) is 11.9. The van der Waals surface area contributed by atoms with Crippen LogP contribution in [0.15, 0.2) is 53.5 Å². The van der Waals surface area contributed by atoms with Crippen LogP contribution >= 0.6 is 24.0 Å². The molecule has 0 saturated heterocycles. The van der Waals surface area contributed by atoms with Crippen molar-refractivity contribution in [1.29, 1.82) is 0 Å². The van der Waals surface area contributed by atoms with Gasteiger partial charge < -0.3 is 24.8 Å². The number of aliphatic imine (C=N–C) groups is 1. The Morgan fingerprint density at radius 2 is 1.77 bits per heavy atom. The van der Waals surface area contributed by atoms with Crippen LogP contribution in [0, 0.1) is 0 Å². The Kier molecular flexibility index (Phi) is 12.9. The van der Waals surface area contributed by atoms with Crippen LogP contribution in [0.3, 0.4) is 0 Å². The first-order chi connectivity index (χ1) is 14.2. The molecule has 0 heterocycles. The maximum Gasteiger partial charge on any atom is 0.191 e. The predicted octanol–water partition coefficient (Wildman–Crippen LogP) is 4.20. The van der Waals surface area contributed by atoms with Gasteiger partial charge in [0.1, 0.15) is 18.1 Å². The topological polar surface area (TPSA) is 64.1 Å². The number of guanidine groups is 1. The fraction of sp³-hybridized carbons (Fsp3) is 0.435. The fourth-order valence-electron chi connectivity index (χ4n) is 2.90. The van der Waals surface area contributed by atoms with Crippen molar-refractivity contribution < 1.29 is 14.2 Å². The number of hydrogen-bond donors (Lipinski definition) is 2. The molecule has 6 nitrogen and oxygen atoms in total. The highest BCUT2D eigenvalue weighted by Crippen LogP contribution is 2.21. The quantitative estimate of drug-likeness (QED) is 0.199. The Morgan fingerprint density at radius 3 is 2.43 bits per heavy atom. The fourth-order valence-corrected chi connectivity index (χ4v) is 2.90. The standard InChI is InChI=1S/C23H33N3O3.HI/c1-18(20-8-10-21(28-4)11-9-20)12-13-25-23(24-2)26-17-19-6-5-7-22(16-19)29-15-14-27-3;/h5-11,16,18H,12-15,17H2,1-4H3,(H2,24,25,26);1H. The summed E-state index contributed by atoms with van der Waals surface area (Å²) < 4.78 is 15.9. The molecule has 0 fully saturated rings. The molecular weight excluding hydrogens is 493 g/mol. The Balaban J connectivity index is 0.00000450. The van der Waals surface area contributed by atoms with Gasteiger partial charge in [-0.05, 0) is 47.7 Å². The van der Waals surface area contributed by atoms with Crippen LogP contribution in [0.5, 0.6) is 11.5 Å². The zero-order valence-electron chi connectivity index (χ0n) is 18.3. The van der Waals surface area contributed by atoms with Crippen molar-refractivity contribution in [2.45, 2.75) is 25.8 Å². The molecule has 2 aromatic rings. The SMILES string of the molecule is CN=C(NCCC(C)c1ccc(OC)cc1)NCc1cccc(OCCOC)c1.I. The summed E-state index contributed by atoms with van der Waals surface area (Å²) in [6.07, 6.45) is 1.01. The zero-order valence-corrected chi connectivity index (χ0v) is 20.6. The van der Waals surface area contributed by atoms with E-state index >= 15 is 0 Å². The second kappa shape index (κ2) is 14.9. The number of rotatable bonds is 11. The molecule has 30 heavy (non-hydrogen) atoms. The van der Waals surface area contributed by atoms with Crippen LogP contribution in [0.2, 0.25) is 0 Å². The summed E-state index contributed by atoms with van der Waals surface area (Å²) in [6, 6.07) is 16.3. The number of halogens is 1. The van der Waals surface area contributed by atoms with Gasteiger partial charge in [0.05, 0.1) is 13.7 Å². The van der Waals surface area contributed by atoms with Crippen molar-refractivity contribution in [3.05, 3.63) is 59.7 Å². The molecule has 7 heteroatoms. The first-order valence-corrected chi connectivity index (χ1v) is 9.95. The van der Waals surface area contributed by atoms with Gasteiger partial charge in [-0.15, -0.1) is 24.0 Å². The van der Waals surface area contributed by atoms with E-state index in [1.54, 1.807) is 21.3 Å². The lowest BCUT2D eigenvalue weighted by Gasteiger charge is -2.16. The summed E-state index contributed by atoms with van der Waals surface area (Å²) in [5.74, 6) is 2.97. The summed E-state index contributed by atoms with van der Waals surface area (Å²) in [5.41, 5.74) is 2.44. The molecule has 0 aliphatic heterocycles. The Labute approximate surface area is 197 Å². The molecule has 2 N–H and O–H groups in total. The summed E-state index contributed by atoms with van der Waals surface area (Å²) in [7, 11) is 5.14. The largest absolute Gasteiger partial charge is 0.497 e. The minimum absolute atomic E-state index is 0. The van der Waals surface area contributed by atoms with Crippen molar-refractivity contribution in [3.8, 4) is 11.5 Å². The first-order valence-electron chi connectivity index (χ1n) is 9.95. The van der Waals surface area contributed by atoms with Crippen molar-refractivity contribution >= 4 is 29.9 Å². The van der Waals surface area contributed by atoms with E-state index in [1.165, 1.54) is 5.56 Å². The average molecular weight is 527 g/mol. The lowest BCUT2D eigenvalue weighted by molar-refractivity contribution is 0.146. The molecular formula is C23H34IN3O3. The summed E-state index contributed by atoms with van der Waals surface area (Å²) in [4.78, 5) is 4.31. The van der Waals surface area contributed by atoms with E-state index in [-0.39, 0.29) is 24.0 Å². The molecule has 2 aromatic carbocycles. The van der Waals surface area contributed by atoms with Crippen molar-refractivity contribution in [3.63, 3.8) is 0 Å². The van der Waals surface area contributed by atoms with E-state index < -0.39 is 0 Å². The minimum Gasteiger partial charge on any atom is -0.497 e. The van der Waals surface area contributed by atoms with Gasteiger partial charge >= 0.3 is 0 Å². The summed E-state index contributed by atoms with van der Waals surface area (Å²) >= 11 is 0. The molecule has 0 bridgehead atoms. The molecule has 1 unspecified atom stereocenters. The van der Waals surface area contributed by atoms with E-state index in [9.17, 15) is 0 Å². The smallest absolute Gasteiger partial charge is 0.191 e. The molecule has 1 atom stereocenters. The van der Waals surface area contributed by atoms with Gasteiger partial charge in [0.15, 0.2) is 5.96 Å². The van der Waals surface area contributed by atoms with Crippen LogP contribution < -0.4 is 20.1 Å². The molecule has 0 aliphatic rings. The van der Waals surface area contributed by atoms with Crippen LogP contribution in [-0.4, -0.2) is 47.0 Å². The number of hydrogen-bond acceptors (Lipinski definition) is 4. The third kappa shape index (κ3) is 9.21. The van der Waals surface area contributed by atoms with E-state index in [1.807, 2.05) is 30.3 Å². The molecule has 0 aromatic heterocycles. The maximum absolute atomic E-state index is 5.66. The molecule has 0 amide bonds. The van der Waals surface area contributed by atoms with Crippen molar-refractivity contribution in [2.75, 3.05) is 41.0 Å². The van der Waals surface area contributed by atoms with Gasteiger partial charge in [0.25, 0.3) is 0 Å². The Morgan fingerprint density at radius 1 is 1.00 bits per heavy atom. The third-order valence-corrected chi connectivity index (χ3v) is 4.69. The highest BCUT2D eigenvalue weighted by Gasteiger charge is 2.07. The van der Waals surface area contributed by atoms with Gasteiger partial charge in [-0.1, -0.05) is 31.2 Å². The highest BCUT2D eigenvalue weighted by molar-refractivity contribution is 14.0. The van der Waals surface area contributed by atoms with Gasteiger partial charge in [-0.3, -0.25) is 4.99 Å². The third-order valence-electron chi connectivity index (χ3n) is 4.69. The van der Waals surface area contributed by atoms with Crippen LogP contribution in [0.1, 0.15) is 30.4 Å². The van der Waals surface area contributed by atoms with E-state index in [0.29, 0.717) is 25.7 Å². The van der Waals surface area contributed by atoms with E-state index in [0.717, 1.165) is 36.0 Å². The van der Waals surface area contributed by atoms with Crippen molar-refractivity contribution in [1.82, 2.24) is 10.6 Å². The first kappa shape index (κ1) is 26.0. The molecule has 2 rings (SSSR count). The number of benzene rings is 2. The summed E-state index contributed by atoms with van der Waals surface area (Å²) in [5, 5.41) is 6.74. The number of methoxy groups -OCH3 is 2. The second-order valence-corrected chi connectivity index (χ2v) is 6.80.